The van der Waals surface area contributed by atoms with E-state index in [1.807, 2.05) is 0 Å². The number of carbonyl (C=O) groups is 1. The molecule has 4 aliphatic carbocycles. The fraction of sp³-hybridized carbons (Fsp3) is 0.933. The lowest BCUT2D eigenvalue weighted by atomic mass is 9.49. The monoisotopic (exact) mass is 337 g/mol. The van der Waals surface area contributed by atoms with Gasteiger partial charge in [-0.05, 0) is 63.2 Å². The van der Waals surface area contributed by atoms with Gasteiger partial charge < -0.3 is 4.74 Å². The van der Waals surface area contributed by atoms with Crippen molar-refractivity contribution in [2.45, 2.75) is 57.0 Å². The van der Waals surface area contributed by atoms with E-state index in [0.29, 0.717) is 17.8 Å². The Kier molecular flexibility index (Phi) is 4.40. The molecule has 0 aromatic carbocycles. The molecule has 4 saturated carbocycles. The third-order valence-electron chi connectivity index (χ3n) is 5.31. The molecule has 4 rings (SSSR count). The van der Waals surface area contributed by atoms with E-state index < -0.39 is 11.6 Å². The van der Waals surface area contributed by atoms with E-state index in [2.05, 4.69) is 4.72 Å². The normalized spacial score (nSPS) is 38.1. The minimum atomic E-state index is -4.32. The van der Waals surface area contributed by atoms with Crippen LogP contribution in [-0.4, -0.2) is 24.1 Å². The van der Waals surface area contributed by atoms with E-state index in [-0.39, 0.29) is 29.9 Å². The van der Waals surface area contributed by atoms with Crippen LogP contribution in [0.2, 0.25) is 0 Å². The first kappa shape index (κ1) is 16.4. The Morgan fingerprint density at radius 3 is 2.18 bits per heavy atom. The predicted molar refractivity (Wildman–Crippen MR) is 77.8 cm³/mol. The fourth-order valence-electron chi connectivity index (χ4n) is 4.92. The lowest BCUT2D eigenvalue weighted by Gasteiger charge is -2.55. The Bertz CT molecular complexity index is 406. The quantitative estimate of drug-likeness (QED) is 0.610. The Morgan fingerprint density at radius 1 is 1.23 bits per heavy atom. The van der Waals surface area contributed by atoms with Gasteiger partial charge in [0.05, 0.1) is 5.41 Å². The zero-order valence-electron chi connectivity index (χ0n) is 12.6. The number of hydrogen-bond acceptors (Lipinski definition) is 4. The Balaban J connectivity index is 1.50. The van der Waals surface area contributed by atoms with Gasteiger partial charge in [-0.3, -0.25) is 9.52 Å². The highest BCUT2D eigenvalue weighted by Gasteiger charge is 2.55. The number of hydrogen-bond donors (Lipinski definition) is 1. The van der Waals surface area contributed by atoms with Crippen molar-refractivity contribution < 1.29 is 22.7 Å². The van der Waals surface area contributed by atoms with Crippen molar-refractivity contribution in [1.82, 2.24) is 4.72 Å². The molecule has 3 nitrogen and oxygen atoms in total. The molecule has 4 aliphatic rings. The molecule has 0 aliphatic heterocycles. The molecule has 1 N–H and O–H groups in total. The summed E-state index contributed by atoms with van der Waals surface area (Å²) in [6.45, 7) is 1.58. The second-order valence-electron chi connectivity index (χ2n) is 7.36. The predicted octanol–water partition coefficient (Wildman–Crippen LogP) is 3.89. The van der Waals surface area contributed by atoms with Gasteiger partial charge in [0.15, 0.2) is 0 Å². The zero-order chi connectivity index (χ0) is 16.0. The first-order valence-electron chi connectivity index (χ1n) is 7.93. The molecule has 0 aromatic heterocycles. The lowest BCUT2D eigenvalue weighted by molar-refractivity contribution is -0.172. The van der Waals surface area contributed by atoms with Crippen LogP contribution in [-0.2, 0) is 9.53 Å². The summed E-state index contributed by atoms with van der Waals surface area (Å²) in [6.07, 6.45) is 6.47. The minimum Gasteiger partial charge on any atom is -0.464 e. The number of ether oxygens (including phenoxy) is 1. The second kappa shape index (κ2) is 5.89. The van der Waals surface area contributed by atoms with Crippen LogP contribution < -0.4 is 4.72 Å². The molecule has 0 radical (unpaired) electrons. The van der Waals surface area contributed by atoms with Gasteiger partial charge in [-0.25, -0.2) is 0 Å². The van der Waals surface area contributed by atoms with Crippen LogP contribution >= 0.6 is 11.9 Å². The van der Waals surface area contributed by atoms with Crippen molar-refractivity contribution in [2.75, 3.05) is 6.61 Å². The van der Waals surface area contributed by atoms with Crippen LogP contribution in [0, 0.1) is 23.2 Å². The topological polar surface area (TPSA) is 38.3 Å². The van der Waals surface area contributed by atoms with Crippen LogP contribution in [0.25, 0.3) is 0 Å². The van der Waals surface area contributed by atoms with Crippen molar-refractivity contribution in [1.29, 1.82) is 0 Å². The third-order valence-corrected chi connectivity index (χ3v) is 6.06. The highest BCUT2D eigenvalue weighted by Crippen LogP contribution is 2.60. The molecule has 0 spiro atoms. The van der Waals surface area contributed by atoms with Crippen molar-refractivity contribution in [3.05, 3.63) is 0 Å². The van der Waals surface area contributed by atoms with E-state index in [9.17, 15) is 18.0 Å². The third kappa shape index (κ3) is 3.55. The van der Waals surface area contributed by atoms with Crippen LogP contribution in [0.15, 0.2) is 0 Å². The van der Waals surface area contributed by atoms with Crippen LogP contribution in [0.4, 0.5) is 13.2 Å². The van der Waals surface area contributed by atoms with Gasteiger partial charge in [0, 0.05) is 18.0 Å². The van der Waals surface area contributed by atoms with E-state index in [0.717, 1.165) is 19.3 Å². The number of nitrogens with one attached hydrogen (secondary N) is 1. The Hall–Kier alpha value is -0.430. The van der Waals surface area contributed by atoms with Crippen molar-refractivity contribution in [3.8, 4) is 0 Å². The summed E-state index contributed by atoms with van der Waals surface area (Å²) in [5.41, 5.74) is -4.66. The van der Waals surface area contributed by atoms with E-state index in [1.54, 1.807) is 6.92 Å². The highest BCUT2D eigenvalue weighted by atomic mass is 32.2. The number of halogens is 3. The van der Waals surface area contributed by atoms with Crippen molar-refractivity contribution in [3.63, 3.8) is 0 Å². The van der Waals surface area contributed by atoms with Gasteiger partial charge in [-0.1, -0.05) is 0 Å². The van der Waals surface area contributed by atoms with E-state index in [1.165, 1.54) is 19.3 Å². The van der Waals surface area contributed by atoms with Gasteiger partial charge in [-0.2, -0.15) is 13.2 Å². The van der Waals surface area contributed by atoms with Crippen LogP contribution in [0.5, 0.6) is 0 Å². The number of carbonyl (C=O) groups excluding carboxylic acids is 1. The average Bonchev–Trinajstić information content (AvgIpc) is 2.40. The summed E-state index contributed by atoms with van der Waals surface area (Å²) in [7, 11) is 0. The summed E-state index contributed by atoms with van der Waals surface area (Å²) in [5.74, 6) is 1.76. The van der Waals surface area contributed by atoms with E-state index >= 15 is 0 Å². The van der Waals surface area contributed by atoms with Crippen molar-refractivity contribution >= 4 is 17.9 Å². The van der Waals surface area contributed by atoms with Gasteiger partial charge in [-0.15, -0.1) is 0 Å². The maximum atomic E-state index is 12.5. The number of esters is 1. The number of rotatable bonds is 5. The first-order chi connectivity index (χ1) is 10.3. The van der Waals surface area contributed by atoms with Crippen molar-refractivity contribution in [2.24, 2.45) is 23.2 Å². The maximum absolute atomic E-state index is 12.5. The standard InChI is InChI=1S/C15H22F3NO2S/c1-9(19-22-15(16,17)18)8-21-13(20)14-5-10-2-11(6-14)4-12(3-10)7-14/h9-12,19H,2-8H2,1H3. The summed E-state index contributed by atoms with van der Waals surface area (Å²) >= 11 is -0.289. The average molecular weight is 337 g/mol. The second-order valence-corrected chi connectivity index (χ2v) is 8.27. The molecule has 1 atom stereocenters. The van der Waals surface area contributed by atoms with Crippen LogP contribution in [0.3, 0.4) is 0 Å². The molecular formula is C15H22F3NO2S. The lowest BCUT2D eigenvalue weighted by Crippen LogP contribution is -2.51. The zero-order valence-corrected chi connectivity index (χ0v) is 13.4. The molecule has 4 bridgehead atoms. The summed E-state index contributed by atoms with van der Waals surface area (Å²) in [4.78, 5) is 12.5. The molecule has 0 heterocycles. The molecule has 126 valence electrons. The molecule has 22 heavy (non-hydrogen) atoms. The Morgan fingerprint density at radius 2 is 1.73 bits per heavy atom. The largest absolute Gasteiger partial charge is 0.464 e. The fourth-order valence-corrected chi connectivity index (χ4v) is 5.32. The molecule has 7 heteroatoms. The summed E-state index contributed by atoms with van der Waals surface area (Å²) in [5, 5.41) is 0. The Labute approximate surface area is 132 Å². The number of alkyl halides is 3. The maximum Gasteiger partial charge on any atom is 0.456 e. The summed E-state index contributed by atoms with van der Waals surface area (Å²) in [6, 6.07) is -0.524. The molecule has 0 saturated heterocycles. The van der Waals surface area contributed by atoms with Crippen LogP contribution in [0.1, 0.15) is 45.4 Å². The van der Waals surface area contributed by atoms with Gasteiger partial charge in [0.25, 0.3) is 0 Å². The SMILES string of the molecule is CC(COC(=O)C12CC3CC(CC(C3)C1)C2)NSC(F)(F)F. The minimum absolute atomic E-state index is 0.0103. The van der Waals surface area contributed by atoms with Gasteiger partial charge in [0.2, 0.25) is 0 Å². The van der Waals surface area contributed by atoms with Gasteiger partial charge in [0.1, 0.15) is 6.61 Å². The van der Waals surface area contributed by atoms with E-state index in [4.69, 9.17) is 4.74 Å². The molecular weight excluding hydrogens is 315 g/mol. The summed E-state index contributed by atoms with van der Waals surface area (Å²) < 4.78 is 44.0. The van der Waals surface area contributed by atoms with Gasteiger partial charge >= 0.3 is 11.5 Å². The molecule has 1 unspecified atom stereocenters. The highest BCUT2D eigenvalue weighted by molar-refractivity contribution is 7.98. The first-order valence-corrected chi connectivity index (χ1v) is 8.75. The molecule has 4 fully saturated rings. The molecule has 0 amide bonds. The smallest absolute Gasteiger partial charge is 0.456 e. The molecule has 0 aromatic rings.